The molecule has 1 N–H and O–H groups in total. The van der Waals surface area contributed by atoms with Gasteiger partial charge in [-0.25, -0.2) is 4.98 Å². The third kappa shape index (κ3) is 3.56. The summed E-state index contributed by atoms with van der Waals surface area (Å²) in [5, 5.41) is 5.48. The molecule has 2 rings (SSSR count). The molecule has 0 saturated carbocycles. The number of nitrogens with zero attached hydrogens (tertiary/aromatic N) is 1. The fourth-order valence-electron chi connectivity index (χ4n) is 2.06. The molecule has 102 valence electrons. The Morgan fingerprint density at radius 1 is 1.32 bits per heavy atom. The maximum absolute atomic E-state index is 6.14. The van der Waals surface area contributed by atoms with E-state index in [-0.39, 0.29) is 0 Å². The number of aryl methyl sites for hydroxylation is 3. The average Bonchev–Trinajstić information content (AvgIpc) is 2.70. The zero-order chi connectivity index (χ0) is 14.0. The largest absolute Gasteiger partial charge is 0.305 e. The van der Waals surface area contributed by atoms with E-state index < -0.39 is 0 Å². The van der Waals surface area contributed by atoms with Crippen LogP contribution in [-0.4, -0.2) is 4.98 Å². The monoisotopic (exact) mass is 294 g/mol. The first-order valence-corrected chi connectivity index (χ1v) is 7.59. The molecule has 19 heavy (non-hydrogen) atoms. The predicted octanol–water partition coefficient (Wildman–Crippen LogP) is 4.57. The molecular weight excluding hydrogens is 276 g/mol. The summed E-state index contributed by atoms with van der Waals surface area (Å²) in [6, 6.07) is 6.52. The smallest absolute Gasteiger partial charge is 0.0900 e. The quantitative estimate of drug-likeness (QED) is 0.893. The third-order valence-electron chi connectivity index (χ3n) is 3.18. The summed E-state index contributed by atoms with van der Waals surface area (Å²) in [6.07, 6.45) is 0. The molecule has 1 atom stereocenters. The van der Waals surface area contributed by atoms with E-state index in [1.165, 1.54) is 10.4 Å². The summed E-state index contributed by atoms with van der Waals surface area (Å²) in [5.41, 5.74) is 3.46. The van der Waals surface area contributed by atoms with Gasteiger partial charge in [-0.1, -0.05) is 23.7 Å². The van der Waals surface area contributed by atoms with Crippen molar-refractivity contribution < 1.29 is 0 Å². The number of halogens is 1. The van der Waals surface area contributed by atoms with Gasteiger partial charge in [0.1, 0.15) is 0 Å². The Kier molecular flexibility index (Phi) is 4.61. The van der Waals surface area contributed by atoms with E-state index in [1.807, 2.05) is 19.9 Å². The van der Waals surface area contributed by atoms with E-state index in [0.717, 1.165) is 27.8 Å². The van der Waals surface area contributed by atoms with Gasteiger partial charge in [0.15, 0.2) is 0 Å². The van der Waals surface area contributed by atoms with Gasteiger partial charge in [-0.2, -0.15) is 0 Å². The first-order chi connectivity index (χ1) is 8.97. The Labute approximate surface area is 123 Å². The van der Waals surface area contributed by atoms with Crippen molar-refractivity contribution in [3.8, 4) is 0 Å². The van der Waals surface area contributed by atoms with Gasteiger partial charge in [0.25, 0.3) is 0 Å². The summed E-state index contributed by atoms with van der Waals surface area (Å²) in [7, 11) is 0. The maximum atomic E-state index is 6.14. The molecule has 0 amide bonds. The lowest BCUT2D eigenvalue weighted by molar-refractivity contribution is 0.579. The first-order valence-electron chi connectivity index (χ1n) is 6.39. The van der Waals surface area contributed by atoms with Gasteiger partial charge in [-0.15, -0.1) is 11.3 Å². The minimum atomic E-state index is 0.311. The highest BCUT2D eigenvalue weighted by Crippen LogP contribution is 2.25. The number of hydrogen-bond acceptors (Lipinski definition) is 3. The highest BCUT2D eigenvalue weighted by molar-refractivity contribution is 7.11. The van der Waals surface area contributed by atoms with Crippen molar-refractivity contribution >= 4 is 22.9 Å². The molecule has 1 unspecified atom stereocenters. The SMILES string of the molecule is Cc1nc(C)c(C(C)NCc2ccc(C)c(Cl)c2)s1. The van der Waals surface area contributed by atoms with E-state index >= 15 is 0 Å². The Morgan fingerprint density at radius 2 is 2.05 bits per heavy atom. The average molecular weight is 295 g/mol. The lowest BCUT2D eigenvalue weighted by atomic mass is 10.1. The van der Waals surface area contributed by atoms with E-state index in [0.29, 0.717) is 6.04 Å². The van der Waals surface area contributed by atoms with Gasteiger partial charge in [-0.3, -0.25) is 0 Å². The molecule has 0 aliphatic heterocycles. The van der Waals surface area contributed by atoms with E-state index in [4.69, 9.17) is 11.6 Å². The second kappa shape index (κ2) is 6.04. The van der Waals surface area contributed by atoms with Crippen molar-refractivity contribution in [3.63, 3.8) is 0 Å². The van der Waals surface area contributed by atoms with E-state index in [9.17, 15) is 0 Å². The molecule has 0 spiro atoms. The van der Waals surface area contributed by atoms with E-state index in [1.54, 1.807) is 11.3 Å². The molecule has 2 nitrogen and oxygen atoms in total. The number of thiazole rings is 1. The van der Waals surface area contributed by atoms with Crippen LogP contribution in [0.5, 0.6) is 0 Å². The molecule has 0 bridgehead atoms. The van der Waals surface area contributed by atoms with Crippen LogP contribution in [0.2, 0.25) is 5.02 Å². The lowest BCUT2D eigenvalue weighted by Crippen LogP contribution is -2.17. The van der Waals surface area contributed by atoms with Gasteiger partial charge >= 0.3 is 0 Å². The van der Waals surface area contributed by atoms with Gasteiger partial charge < -0.3 is 5.32 Å². The summed E-state index contributed by atoms with van der Waals surface area (Å²) in [4.78, 5) is 5.79. The van der Waals surface area contributed by atoms with Crippen molar-refractivity contribution in [2.75, 3.05) is 0 Å². The Morgan fingerprint density at radius 3 is 2.63 bits per heavy atom. The highest BCUT2D eigenvalue weighted by Gasteiger charge is 2.12. The Bertz CT molecular complexity index is 578. The van der Waals surface area contributed by atoms with Crippen molar-refractivity contribution in [2.24, 2.45) is 0 Å². The van der Waals surface area contributed by atoms with Crippen molar-refractivity contribution in [1.82, 2.24) is 10.3 Å². The molecule has 1 aromatic heterocycles. The van der Waals surface area contributed by atoms with Crippen LogP contribution in [0.25, 0.3) is 0 Å². The van der Waals surface area contributed by atoms with Crippen LogP contribution in [0.4, 0.5) is 0 Å². The highest BCUT2D eigenvalue weighted by atomic mass is 35.5. The zero-order valence-electron chi connectivity index (χ0n) is 11.7. The molecule has 4 heteroatoms. The number of rotatable bonds is 4. The van der Waals surface area contributed by atoms with Gasteiger partial charge in [0.05, 0.1) is 10.7 Å². The fourth-order valence-corrected chi connectivity index (χ4v) is 3.22. The summed E-state index contributed by atoms with van der Waals surface area (Å²) >= 11 is 7.90. The van der Waals surface area contributed by atoms with Crippen LogP contribution in [0.1, 0.15) is 39.7 Å². The molecule has 0 radical (unpaired) electrons. The first kappa shape index (κ1) is 14.5. The second-order valence-electron chi connectivity index (χ2n) is 4.87. The van der Waals surface area contributed by atoms with Crippen LogP contribution in [0.3, 0.4) is 0 Å². The van der Waals surface area contributed by atoms with Crippen molar-refractivity contribution in [1.29, 1.82) is 0 Å². The minimum absolute atomic E-state index is 0.311. The molecule has 0 aliphatic carbocycles. The van der Waals surface area contributed by atoms with Crippen LogP contribution >= 0.6 is 22.9 Å². The van der Waals surface area contributed by atoms with Gasteiger partial charge in [0.2, 0.25) is 0 Å². The predicted molar refractivity (Wildman–Crippen MR) is 83.0 cm³/mol. The van der Waals surface area contributed by atoms with Gasteiger partial charge in [0, 0.05) is 22.5 Å². The number of aromatic nitrogens is 1. The van der Waals surface area contributed by atoms with Crippen LogP contribution in [0, 0.1) is 20.8 Å². The topological polar surface area (TPSA) is 24.9 Å². The Hall–Kier alpha value is -0.900. The molecule has 0 aliphatic rings. The van der Waals surface area contributed by atoms with Crippen LogP contribution < -0.4 is 5.32 Å². The summed E-state index contributed by atoms with van der Waals surface area (Å²) in [6.45, 7) is 9.13. The molecule has 0 saturated heterocycles. The minimum Gasteiger partial charge on any atom is -0.305 e. The van der Waals surface area contributed by atoms with E-state index in [2.05, 4.69) is 36.3 Å². The Balaban J connectivity index is 2.02. The van der Waals surface area contributed by atoms with Crippen LogP contribution in [0.15, 0.2) is 18.2 Å². The zero-order valence-corrected chi connectivity index (χ0v) is 13.3. The molecule has 0 fully saturated rings. The summed E-state index contributed by atoms with van der Waals surface area (Å²) < 4.78 is 0. The normalized spacial score (nSPS) is 12.7. The van der Waals surface area contributed by atoms with Gasteiger partial charge in [-0.05, 0) is 44.9 Å². The second-order valence-corrected chi connectivity index (χ2v) is 6.51. The molecule has 1 aromatic carbocycles. The molecule has 2 aromatic rings. The third-order valence-corrected chi connectivity index (χ3v) is 4.84. The van der Waals surface area contributed by atoms with Crippen molar-refractivity contribution in [2.45, 2.75) is 40.3 Å². The number of nitrogens with one attached hydrogen (secondary N) is 1. The lowest BCUT2D eigenvalue weighted by Gasteiger charge is -2.13. The maximum Gasteiger partial charge on any atom is 0.0900 e. The van der Waals surface area contributed by atoms with Crippen molar-refractivity contribution in [3.05, 3.63) is 49.9 Å². The van der Waals surface area contributed by atoms with Crippen LogP contribution in [-0.2, 0) is 6.54 Å². The summed E-state index contributed by atoms with van der Waals surface area (Å²) in [5.74, 6) is 0. The molecule has 1 heterocycles. The molecular formula is C15H19ClN2S. The fraction of sp³-hybridized carbons (Fsp3) is 0.400. The number of hydrogen-bond donors (Lipinski definition) is 1. The standard InChI is InChI=1S/C15H19ClN2S/c1-9-5-6-13(7-14(9)16)8-17-10(2)15-11(3)18-12(4)19-15/h5-7,10,17H,8H2,1-4H3. The number of benzene rings is 1.